The van der Waals surface area contributed by atoms with Crippen LogP contribution in [0.4, 0.5) is 5.69 Å². The van der Waals surface area contributed by atoms with Gasteiger partial charge >= 0.3 is 0 Å². The van der Waals surface area contributed by atoms with E-state index in [1.165, 1.54) is 0 Å². The van der Waals surface area contributed by atoms with Crippen molar-refractivity contribution in [2.24, 2.45) is 0 Å². The normalized spacial score (nSPS) is 10.6. The monoisotopic (exact) mass is 271 g/mol. The fraction of sp³-hybridized carbons (Fsp3) is 0.154. The standard InChI is InChI=1S/C13H13N5S/c1-10-16-11(9-19-10)8-14-12-4-2-3-5-13(12)18-7-6-15-17-18/h2-7,9,14H,8H2,1H3. The van der Waals surface area contributed by atoms with Gasteiger partial charge in [-0.05, 0) is 19.1 Å². The molecule has 0 aliphatic rings. The van der Waals surface area contributed by atoms with Crippen LogP contribution in [0, 0.1) is 6.92 Å². The first-order valence-electron chi connectivity index (χ1n) is 5.93. The molecular formula is C13H13N5S. The van der Waals surface area contributed by atoms with E-state index >= 15 is 0 Å². The lowest BCUT2D eigenvalue weighted by molar-refractivity contribution is 0.803. The number of hydrogen-bond acceptors (Lipinski definition) is 5. The van der Waals surface area contributed by atoms with Crippen molar-refractivity contribution in [1.29, 1.82) is 0 Å². The van der Waals surface area contributed by atoms with Gasteiger partial charge in [-0.1, -0.05) is 17.3 Å². The first kappa shape index (κ1) is 11.9. The summed E-state index contributed by atoms with van der Waals surface area (Å²) in [5.74, 6) is 0. The Kier molecular flexibility index (Phi) is 3.24. The zero-order valence-corrected chi connectivity index (χ0v) is 11.3. The van der Waals surface area contributed by atoms with Crippen molar-refractivity contribution in [2.45, 2.75) is 13.5 Å². The third-order valence-electron chi connectivity index (χ3n) is 2.70. The summed E-state index contributed by atoms with van der Waals surface area (Å²) in [5.41, 5.74) is 3.04. The maximum absolute atomic E-state index is 4.44. The van der Waals surface area contributed by atoms with Gasteiger partial charge in [-0.15, -0.1) is 16.4 Å². The molecule has 0 amide bonds. The quantitative estimate of drug-likeness (QED) is 0.792. The minimum atomic E-state index is 0.704. The minimum Gasteiger partial charge on any atom is -0.378 e. The van der Waals surface area contributed by atoms with Gasteiger partial charge in [0, 0.05) is 5.38 Å². The topological polar surface area (TPSA) is 55.6 Å². The van der Waals surface area contributed by atoms with Crippen LogP contribution < -0.4 is 5.32 Å². The van der Waals surface area contributed by atoms with Crippen molar-refractivity contribution in [3.05, 3.63) is 52.7 Å². The molecule has 0 aliphatic carbocycles. The second kappa shape index (κ2) is 5.19. The molecule has 2 heterocycles. The van der Waals surface area contributed by atoms with Gasteiger partial charge in [-0.25, -0.2) is 9.67 Å². The van der Waals surface area contributed by atoms with E-state index in [4.69, 9.17) is 0 Å². The molecule has 0 aliphatic heterocycles. The molecule has 19 heavy (non-hydrogen) atoms. The maximum Gasteiger partial charge on any atom is 0.0898 e. The lowest BCUT2D eigenvalue weighted by atomic mass is 10.2. The SMILES string of the molecule is Cc1nc(CNc2ccccc2-n2ccnn2)cs1. The van der Waals surface area contributed by atoms with Gasteiger partial charge in [0.1, 0.15) is 0 Å². The van der Waals surface area contributed by atoms with E-state index in [1.807, 2.05) is 37.4 Å². The van der Waals surface area contributed by atoms with Crippen LogP contribution in [0.2, 0.25) is 0 Å². The molecule has 0 bridgehead atoms. The number of aryl methyl sites for hydroxylation is 1. The molecule has 5 nitrogen and oxygen atoms in total. The first-order valence-corrected chi connectivity index (χ1v) is 6.81. The third kappa shape index (κ3) is 2.63. The molecule has 96 valence electrons. The second-order valence-electron chi connectivity index (χ2n) is 4.08. The summed E-state index contributed by atoms with van der Waals surface area (Å²) < 4.78 is 1.74. The lowest BCUT2D eigenvalue weighted by Gasteiger charge is -2.10. The number of benzene rings is 1. The van der Waals surface area contributed by atoms with Crippen molar-refractivity contribution < 1.29 is 0 Å². The van der Waals surface area contributed by atoms with Crippen molar-refractivity contribution in [2.75, 3.05) is 5.32 Å². The Bertz CT molecular complexity index is 659. The van der Waals surface area contributed by atoms with E-state index in [0.29, 0.717) is 6.54 Å². The summed E-state index contributed by atoms with van der Waals surface area (Å²) in [6, 6.07) is 8.00. The van der Waals surface area contributed by atoms with Crippen LogP contribution in [0.3, 0.4) is 0 Å². The molecule has 1 aromatic carbocycles. The number of nitrogens with one attached hydrogen (secondary N) is 1. The van der Waals surface area contributed by atoms with Crippen LogP contribution in [0.1, 0.15) is 10.7 Å². The van der Waals surface area contributed by atoms with Crippen LogP contribution in [0.15, 0.2) is 42.0 Å². The Balaban J connectivity index is 1.81. The number of hydrogen-bond donors (Lipinski definition) is 1. The Labute approximate surface area is 114 Å². The van der Waals surface area contributed by atoms with Gasteiger partial charge in [0.05, 0.1) is 41.0 Å². The van der Waals surface area contributed by atoms with E-state index < -0.39 is 0 Å². The third-order valence-corrected chi connectivity index (χ3v) is 3.52. The summed E-state index contributed by atoms with van der Waals surface area (Å²) in [6.45, 7) is 2.72. The van der Waals surface area contributed by atoms with Crippen LogP contribution in [0.5, 0.6) is 0 Å². The van der Waals surface area contributed by atoms with E-state index in [2.05, 4.69) is 26.0 Å². The van der Waals surface area contributed by atoms with Crippen molar-refractivity contribution in [3.63, 3.8) is 0 Å². The zero-order valence-electron chi connectivity index (χ0n) is 10.4. The molecule has 2 aromatic heterocycles. The van der Waals surface area contributed by atoms with Gasteiger partial charge in [0.2, 0.25) is 0 Å². The lowest BCUT2D eigenvalue weighted by Crippen LogP contribution is -2.05. The fourth-order valence-electron chi connectivity index (χ4n) is 1.83. The largest absolute Gasteiger partial charge is 0.378 e. The maximum atomic E-state index is 4.44. The number of aromatic nitrogens is 4. The number of rotatable bonds is 4. The molecule has 3 aromatic rings. The van der Waals surface area contributed by atoms with E-state index in [-0.39, 0.29) is 0 Å². The van der Waals surface area contributed by atoms with Crippen molar-refractivity contribution in [1.82, 2.24) is 20.0 Å². The molecule has 1 N–H and O–H groups in total. The average molecular weight is 271 g/mol. The Morgan fingerprint density at radius 3 is 2.95 bits per heavy atom. The number of anilines is 1. The predicted octanol–water partition coefficient (Wildman–Crippen LogP) is 2.64. The highest BCUT2D eigenvalue weighted by atomic mass is 32.1. The van der Waals surface area contributed by atoms with Gasteiger partial charge in [0.15, 0.2) is 0 Å². The van der Waals surface area contributed by atoms with Crippen molar-refractivity contribution >= 4 is 17.0 Å². The van der Waals surface area contributed by atoms with E-state index in [0.717, 1.165) is 22.1 Å². The highest BCUT2D eigenvalue weighted by Gasteiger charge is 2.05. The molecule has 0 unspecified atom stereocenters. The van der Waals surface area contributed by atoms with E-state index in [9.17, 15) is 0 Å². The summed E-state index contributed by atoms with van der Waals surface area (Å²) >= 11 is 1.66. The smallest absolute Gasteiger partial charge is 0.0898 e. The van der Waals surface area contributed by atoms with Crippen LogP contribution in [-0.4, -0.2) is 20.0 Å². The molecule has 0 radical (unpaired) electrons. The van der Waals surface area contributed by atoms with Crippen molar-refractivity contribution in [3.8, 4) is 5.69 Å². The summed E-state index contributed by atoms with van der Waals surface area (Å²) in [4.78, 5) is 4.44. The van der Waals surface area contributed by atoms with Gasteiger partial charge < -0.3 is 5.32 Å². The van der Waals surface area contributed by atoms with Gasteiger partial charge in [-0.3, -0.25) is 0 Å². The molecule has 3 rings (SSSR count). The van der Waals surface area contributed by atoms with Crippen LogP contribution >= 0.6 is 11.3 Å². The molecule has 6 heteroatoms. The zero-order chi connectivity index (χ0) is 13.1. The molecule has 0 saturated heterocycles. The Morgan fingerprint density at radius 2 is 2.21 bits per heavy atom. The average Bonchev–Trinajstić information content (AvgIpc) is 3.08. The number of para-hydroxylation sites is 2. The number of nitrogens with zero attached hydrogens (tertiary/aromatic N) is 4. The highest BCUT2D eigenvalue weighted by Crippen LogP contribution is 2.19. The molecule has 0 atom stereocenters. The minimum absolute atomic E-state index is 0.704. The molecule has 0 spiro atoms. The Morgan fingerprint density at radius 1 is 1.32 bits per heavy atom. The second-order valence-corrected chi connectivity index (χ2v) is 5.14. The molecular weight excluding hydrogens is 258 g/mol. The van der Waals surface area contributed by atoms with E-state index in [1.54, 1.807) is 22.2 Å². The van der Waals surface area contributed by atoms with Gasteiger partial charge in [-0.2, -0.15) is 0 Å². The van der Waals surface area contributed by atoms with Gasteiger partial charge in [0.25, 0.3) is 0 Å². The molecule has 0 fully saturated rings. The predicted molar refractivity (Wildman–Crippen MR) is 75.5 cm³/mol. The summed E-state index contributed by atoms with van der Waals surface area (Å²) in [7, 11) is 0. The van der Waals surface area contributed by atoms with Crippen LogP contribution in [-0.2, 0) is 6.54 Å². The summed E-state index contributed by atoms with van der Waals surface area (Å²) in [5, 5.41) is 14.4. The fourth-order valence-corrected chi connectivity index (χ4v) is 2.45. The summed E-state index contributed by atoms with van der Waals surface area (Å²) in [6.07, 6.45) is 3.49. The molecule has 0 saturated carbocycles. The first-order chi connectivity index (χ1) is 9.33. The Hall–Kier alpha value is -2.21. The highest BCUT2D eigenvalue weighted by molar-refractivity contribution is 7.09. The van der Waals surface area contributed by atoms with Crippen LogP contribution in [0.25, 0.3) is 5.69 Å². The number of thiazole rings is 1.